The van der Waals surface area contributed by atoms with Gasteiger partial charge < -0.3 is 10.1 Å². The molecular weight excluding hydrogens is 236 g/mol. The molecule has 0 aliphatic rings. The number of unbranched alkanes of at least 4 members (excludes halogenated alkanes) is 1. The molecule has 5 heteroatoms. The van der Waals surface area contributed by atoms with E-state index < -0.39 is 0 Å². The van der Waals surface area contributed by atoms with Crippen molar-refractivity contribution in [2.75, 3.05) is 31.0 Å². The Labute approximate surface area is 106 Å². The predicted molar refractivity (Wildman–Crippen MR) is 71.7 cm³/mol. The summed E-state index contributed by atoms with van der Waals surface area (Å²) in [7, 11) is 1.37. The molecule has 0 atom stereocenters. The highest BCUT2D eigenvalue weighted by atomic mass is 32.2. The molecule has 0 bridgehead atoms. The zero-order valence-electron chi connectivity index (χ0n) is 10.2. The SMILES string of the molecule is COC(=O)c1ccnc(NCCCCSC)c1. The number of rotatable bonds is 7. The average Bonchev–Trinajstić information content (AvgIpc) is 2.38. The number of thioether (sulfide) groups is 1. The van der Waals surface area contributed by atoms with Gasteiger partial charge in [0.25, 0.3) is 0 Å². The van der Waals surface area contributed by atoms with Gasteiger partial charge in [-0.3, -0.25) is 0 Å². The molecule has 0 aliphatic heterocycles. The Morgan fingerprint density at radius 1 is 1.53 bits per heavy atom. The maximum Gasteiger partial charge on any atom is 0.338 e. The van der Waals surface area contributed by atoms with Gasteiger partial charge in [-0.25, -0.2) is 9.78 Å². The summed E-state index contributed by atoms with van der Waals surface area (Å²) in [6.07, 6.45) is 6.00. The number of ether oxygens (including phenoxy) is 1. The van der Waals surface area contributed by atoms with Crippen molar-refractivity contribution in [3.63, 3.8) is 0 Å². The molecule has 0 saturated heterocycles. The largest absolute Gasteiger partial charge is 0.465 e. The van der Waals surface area contributed by atoms with Crippen molar-refractivity contribution >= 4 is 23.5 Å². The Balaban J connectivity index is 2.40. The first-order chi connectivity index (χ1) is 8.27. The van der Waals surface area contributed by atoms with Gasteiger partial charge in [0, 0.05) is 12.7 Å². The third kappa shape index (κ3) is 5.08. The highest BCUT2D eigenvalue weighted by molar-refractivity contribution is 7.98. The van der Waals surface area contributed by atoms with Crippen molar-refractivity contribution in [1.29, 1.82) is 0 Å². The van der Waals surface area contributed by atoms with Crippen molar-refractivity contribution in [1.82, 2.24) is 4.98 Å². The first kappa shape index (κ1) is 13.8. The van der Waals surface area contributed by atoms with Crippen LogP contribution in [0.1, 0.15) is 23.2 Å². The molecule has 0 fully saturated rings. The molecule has 1 heterocycles. The Morgan fingerprint density at radius 2 is 2.35 bits per heavy atom. The van der Waals surface area contributed by atoms with E-state index in [1.54, 1.807) is 18.3 Å². The van der Waals surface area contributed by atoms with Crippen LogP contribution in [0.2, 0.25) is 0 Å². The molecular formula is C12H18N2O2S. The van der Waals surface area contributed by atoms with Gasteiger partial charge in [-0.05, 0) is 37.0 Å². The van der Waals surface area contributed by atoms with Gasteiger partial charge in [-0.2, -0.15) is 11.8 Å². The van der Waals surface area contributed by atoms with Crippen LogP contribution < -0.4 is 5.32 Å². The summed E-state index contributed by atoms with van der Waals surface area (Å²) in [5.41, 5.74) is 0.522. The van der Waals surface area contributed by atoms with Gasteiger partial charge in [0.1, 0.15) is 5.82 Å². The highest BCUT2D eigenvalue weighted by Crippen LogP contribution is 2.08. The molecule has 0 unspecified atom stereocenters. The normalized spacial score (nSPS) is 10.0. The smallest absolute Gasteiger partial charge is 0.338 e. The number of carbonyl (C=O) groups excluding carboxylic acids is 1. The van der Waals surface area contributed by atoms with Crippen molar-refractivity contribution < 1.29 is 9.53 Å². The lowest BCUT2D eigenvalue weighted by Crippen LogP contribution is -2.06. The van der Waals surface area contributed by atoms with Gasteiger partial charge in [0.15, 0.2) is 0 Å². The molecule has 94 valence electrons. The Bertz CT molecular complexity index is 358. The summed E-state index contributed by atoms with van der Waals surface area (Å²) < 4.78 is 4.65. The number of nitrogens with zero attached hydrogens (tertiary/aromatic N) is 1. The summed E-state index contributed by atoms with van der Waals surface area (Å²) >= 11 is 1.85. The lowest BCUT2D eigenvalue weighted by Gasteiger charge is -2.06. The fourth-order valence-electron chi connectivity index (χ4n) is 1.36. The van der Waals surface area contributed by atoms with Gasteiger partial charge >= 0.3 is 5.97 Å². The number of esters is 1. The van der Waals surface area contributed by atoms with Crippen molar-refractivity contribution in [2.24, 2.45) is 0 Å². The molecule has 1 aromatic heterocycles. The quantitative estimate of drug-likeness (QED) is 0.598. The van der Waals surface area contributed by atoms with Crippen LogP contribution in [0, 0.1) is 0 Å². The minimum absolute atomic E-state index is 0.335. The standard InChI is InChI=1S/C12H18N2O2S/c1-16-12(15)10-5-7-14-11(9-10)13-6-3-4-8-17-2/h5,7,9H,3-4,6,8H2,1-2H3,(H,13,14). The lowest BCUT2D eigenvalue weighted by molar-refractivity contribution is 0.0600. The van der Waals surface area contributed by atoms with Crippen LogP contribution in [-0.4, -0.2) is 36.6 Å². The summed E-state index contributed by atoms with van der Waals surface area (Å²) in [5.74, 6) is 1.56. The first-order valence-corrected chi connectivity index (χ1v) is 6.94. The van der Waals surface area contributed by atoms with Crippen molar-refractivity contribution in [3.05, 3.63) is 23.9 Å². The Kier molecular flexibility index (Phi) is 6.47. The molecule has 1 N–H and O–H groups in total. The van der Waals surface area contributed by atoms with Gasteiger partial charge in [0.2, 0.25) is 0 Å². The zero-order chi connectivity index (χ0) is 12.5. The van der Waals surface area contributed by atoms with Crippen LogP contribution in [0.25, 0.3) is 0 Å². The van der Waals surface area contributed by atoms with E-state index in [1.807, 2.05) is 11.8 Å². The number of nitrogens with one attached hydrogen (secondary N) is 1. The number of carbonyl (C=O) groups is 1. The van der Waals surface area contributed by atoms with E-state index in [1.165, 1.54) is 19.3 Å². The van der Waals surface area contributed by atoms with Crippen molar-refractivity contribution in [2.45, 2.75) is 12.8 Å². The van der Waals surface area contributed by atoms with Crippen LogP contribution >= 0.6 is 11.8 Å². The summed E-state index contributed by atoms with van der Waals surface area (Å²) in [6.45, 7) is 0.873. The Morgan fingerprint density at radius 3 is 3.06 bits per heavy atom. The molecule has 0 aromatic carbocycles. The van der Waals surface area contributed by atoms with E-state index in [0.717, 1.165) is 18.8 Å². The van der Waals surface area contributed by atoms with Crippen LogP contribution in [0.3, 0.4) is 0 Å². The zero-order valence-corrected chi connectivity index (χ0v) is 11.0. The van der Waals surface area contributed by atoms with E-state index in [9.17, 15) is 4.79 Å². The molecule has 0 saturated carbocycles. The third-order valence-electron chi connectivity index (χ3n) is 2.26. The predicted octanol–water partition coefficient (Wildman–Crippen LogP) is 2.42. The maximum atomic E-state index is 11.3. The molecule has 0 amide bonds. The molecule has 1 rings (SSSR count). The maximum absolute atomic E-state index is 11.3. The molecule has 1 aromatic rings. The average molecular weight is 254 g/mol. The molecule has 4 nitrogen and oxygen atoms in total. The minimum Gasteiger partial charge on any atom is -0.465 e. The number of hydrogen-bond acceptors (Lipinski definition) is 5. The molecule has 17 heavy (non-hydrogen) atoms. The number of hydrogen-bond donors (Lipinski definition) is 1. The molecule has 0 radical (unpaired) electrons. The molecule has 0 aliphatic carbocycles. The van der Waals surface area contributed by atoms with E-state index in [2.05, 4.69) is 21.3 Å². The van der Waals surface area contributed by atoms with Crippen LogP contribution in [0.5, 0.6) is 0 Å². The lowest BCUT2D eigenvalue weighted by atomic mass is 10.2. The van der Waals surface area contributed by atoms with E-state index in [4.69, 9.17) is 0 Å². The van der Waals surface area contributed by atoms with E-state index in [-0.39, 0.29) is 5.97 Å². The fourth-order valence-corrected chi connectivity index (χ4v) is 1.85. The van der Waals surface area contributed by atoms with E-state index in [0.29, 0.717) is 5.56 Å². The second kappa shape index (κ2) is 7.95. The summed E-state index contributed by atoms with van der Waals surface area (Å²) in [5, 5.41) is 3.19. The van der Waals surface area contributed by atoms with Crippen LogP contribution in [0.15, 0.2) is 18.3 Å². The van der Waals surface area contributed by atoms with Gasteiger partial charge in [-0.1, -0.05) is 0 Å². The topological polar surface area (TPSA) is 51.2 Å². The van der Waals surface area contributed by atoms with Crippen molar-refractivity contribution in [3.8, 4) is 0 Å². The number of pyridine rings is 1. The highest BCUT2D eigenvalue weighted by Gasteiger charge is 2.05. The number of methoxy groups -OCH3 is 1. The fraction of sp³-hybridized carbons (Fsp3) is 0.500. The minimum atomic E-state index is -0.335. The van der Waals surface area contributed by atoms with E-state index >= 15 is 0 Å². The first-order valence-electron chi connectivity index (χ1n) is 5.55. The number of anilines is 1. The van der Waals surface area contributed by atoms with Crippen LogP contribution in [0.4, 0.5) is 5.82 Å². The number of aromatic nitrogens is 1. The third-order valence-corrected chi connectivity index (χ3v) is 2.96. The van der Waals surface area contributed by atoms with Gasteiger partial charge in [0.05, 0.1) is 12.7 Å². The van der Waals surface area contributed by atoms with Crippen LogP contribution in [-0.2, 0) is 4.74 Å². The van der Waals surface area contributed by atoms with Gasteiger partial charge in [-0.15, -0.1) is 0 Å². The summed E-state index contributed by atoms with van der Waals surface area (Å²) in [6, 6.07) is 3.35. The molecule has 0 spiro atoms. The Hall–Kier alpha value is -1.23. The summed E-state index contributed by atoms with van der Waals surface area (Å²) in [4.78, 5) is 15.5. The second-order valence-corrected chi connectivity index (χ2v) is 4.53. The monoisotopic (exact) mass is 254 g/mol. The second-order valence-electron chi connectivity index (χ2n) is 3.55.